The van der Waals surface area contributed by atoms with E-state index in [1.54, 1.807) is 12.1 Å². The van der Waals surface area contributed by atoms with Gasteiger partial charge in [-0.2, -0.15) is 0 Å². The maximum absolute atomic E-state index is 13.2. The Morgan fingerprint density at radius 1 is 0.971 bits per heavy atom. The van der Waals surface area contributed by atoms with Crippen molar-refractivity contribution in [2.75, 3.05) is 11.9 Å². The quantitative estimate of drug-likeness (QED) is 0.178. The Balaban J connectivity index is 1.81. The molecule has 1 aliphatic rings. The lowest BCUT2D eigenvalue weighted by atomic mass is 10.1. The zero-order chi connectivity index (χ0) is 26.0. The number of imide groups is 1. The first-order chi connectivity index (χ1) is 16.5. The van der Waals surface area contributed by atoms with Crippen molar-refractivity contribution >= 4 is 75.8 Å². The van der Waals surface area contributed by atoms with Gasteiger partial charge < -0.3 is 10.1 Å². The van der Waals surface area contributed by atoms with Crippen LogP contribution in [-0.2, 0) is 14.3 Å². The summed E-state index contributed by atoms with van der Waals surface area (Å²) in [7, 11) is 0. The average Bonchev–Trinajstić information content (AvgIpc) is 3.08. The standard InChI is InChI=1S/C24H22Cl4N2O5/c1-4-5-9-14(24(34)35-10-15(31)29-13-8-6-7-11(2)12(13)3)30-22(32)16-17(23(30)33)19(26)21(28)20(27)18(16)25/h6-8,14H,4-5,9-10H2,1-3H3,(H,29,31)/t14-/m0/s1. The number of esters is 1. The molecule has 7 nitrogen and oxygen atoms in total. The summed E-state index contributed by atoms with van der Waals surface area (Å²) in [5.41, 5.74) is 2.01. The number of carbonyl (C=O) groups is 4. The summed E-state index contributed by atoms with van der Waals surface area (Å²) in [6.45, 7) is 5.05. The molecule has 1 heterocycles. The molecular formula is C24H22Cl4N2O5. The SMILES string of the molecule is CCCC[C@@H](C(=O)OCC(=O)Nc1cccc(C)c1C)N1C(=O)c2c(Cl)c(Cl)c(Cl)c(Cl)c2C1=O. The highest BCUT2D eigenvalue weighted by Gasteiger charge is 2.47. The Bertz CT molecular complexity index is 1180. The molecule has 3 amide bonds. The van der Waals surface area contributed by atoms with Crippen molar-refractivity contribution < 1.29 is 23.9 Å². The molecule has 1 atom stereocenters. The van der Waals surface area contributed by atoms with E-state index in [2.05, 4.69) is 5.32 Å². The number of halogens is 4. The van der Waals surface area contributed by atoms with Gasteiger partial charge in [0.05, 0.1) is 31.2 Å². The number of hydrogen-bond acceptors (Lipinski definition) is 5. The highest BCUT2D eigenvalue weighted by molar-refractivity contribution is 6.55. The number of amides is 3. The number of unbranched alkanes of at least 4 members (excludes halogenated alkanes) is 1. The minimum Gasteiger partial charge on any atom is -0.454 e. The molecule has 0 bridgehead atoms. The number of nitrogens with one attached hydrogen (secondary N) is 1. The van der Waals surface area contributed by atoms with Crippen molar-refractivity contribution in [3.8, 4) is 0 Å². The van der Waals surface area contributed by atoms with Gasteiger partial charge in [0.25, 0.3) is 17.7 Å². The first-order valence-corrected chi connectivity index (χ1v) is 12.3. The number of rotatable bonds is 8. The number of nitrogens with zero attached hydrogens (tertiary/aromatic N) is 1. The highest BCUT2D eigenvalue weighted by atomic mass is 35.5. The summed E-state index contributed by atoms with van der Waals surface area (Å²) in [4.78, 5) is 52.5. The van der Waals surface area contributed by atoms with Crippen LogP contribution in [0.15, 0.2) is 18.2 Å². The summed E-state index contributed by atoms with van der Waals surface area (Å²) in [5.74, 6) is -3.15. The van der Waals surface area contributed by atoms with E-state index in [-0.39, 0.29) is 37.6 Å². The largest absolute Gasteiger partial charge is 0.454 e. The molecule has 11 heteroatoms. The van der Waals surface area contributed by atoms with Crippen LogP contribution in [0.5, 0.6) is 0 Å². The van der Waals surface area contributed by atoms with Crippen molar-refractivity contribution in [3.63, 3.8) is 0 Å². The average molecular weight is 560 g/mol. The van der Waals surface area contributed by atoms with Gasteiger partial charge in [0.2, 0.25) is 0 Å². The molecule has 2 aromatic carbocycles. The monoisotopic (exact) mass is 558 g/mol. The third-order valence-electron chi connectivity index (χ3n) is 5.77. The Morgan fingerprint density at radius 3 is 2.09 bits per heavy atom. The van der Waals surface area contributed by atoms with Crippen LogP contribution in [0.1, 0.15) is 58.0 Å². The Morgan fingerprint density at radius 2 is 1.54 bits per heavy atom. The van der Waals surface area contributed by atoms with E-state index >= 15 is 0 Å². The number of aryl methyl sites for hydroxylation is 1. The lowest BCUT2D eigenvalue weighted by Crippen LogP contribution is -2.46. The second-order valence-electron chi connectivity index (χ2n) is 8.05. The molecular weight excluding hydrogens is 538 g/mol. The van der Waals surface area contributed by atoms with Gasteiger partial charge in [0.1, 0.15) is 6.04 Å². The van der Waals surface area contributed by atoms with E-state index in [0.717, 1.165) is 16.0 Å². The summed E-state index contributed by atoms with van der Waals surface area (Å²) in [6.07, 6.45) is 1.31. The molecule has 0 fully saturated rings. The highest BCUT2D eigenvalue weighted by Crippen LogP contribution is 2.45. The first-order valence-electron chi connectivity index (χ1n) is 10.8. The lowest BCUT2D eigenvalue weighted by Gasteiger charge is -2.24. The molecule has 3 rings (SSSR count). The third-order valence-corrected chi connectivity index (χ3v) is 7.57. The van der Waals surface area contributed by atoms with E-state index in [1.165, 1.54) is 0 Å². The van der Waals surface area contributed by atoms with Crippen LogP contribution in [-0.4, -0.2) is 41.2 Å². The van der Waals surface area contributed by atoms with E-state index in [9.17, 15) is 19.2 Å². The third kappa shape index (κ3) is 5.28. The predicted molar refractivity (Wildman–Crippen MR) is 136 cm³/mol. The summed E-state index contributed by atoms with van der Waals surface area (Å²) >= 11 is 24.5. The molecule has 1 aliphatic heterocycles. The van der Waals surface area contributed by atoms with E-state index in [1.807, 2.05) is 26.8 Å². The number of ether oxygens (including phenoxy) is 1. The molecule has 186 valence electrons. The van der Waals surface area contributed by atoms with Gasteiger partial charge in [0.15, 0.2) is 6.61 Å². The molecule has 2 aromatic rings. The van der Waals surface area contributed by atoms with Crippen LogP contribution in [0.2, 0.25) is 20.1 Å². The minimum absolute atomic E-state index is 0.121. The van der Waals surface area contributed by atoms with Crippen LogP contribution in [0.25, 0.3) is 0 Å². The fourth-order valence-electron chi connectivity index (χ4n) is 3.71. The molecule has 0 saturated heterocycles. The summed E-state index contributed by atoms with van der Waals surface area (Å²) < 4.78 is 5.21. The predicted octanol–water partition coefficient (Wildman–Crippen LogP) is 6.25. The second kappa shape index (κ2) is 11.2. The van der Waals surface area contributed by atoms with Gasteiger partial charge in [0, 0.05) is 5.69 Å². The van der Waals surface area contributed by atoms with Crippen molar-refractivity contribution in [3.05, 3.63) is 60.5 Å². The molecule has 35 heavy (non-hydrogen) atoms. The number of carbonyl (C=O) groups excluding carboxylic acids is 4. The van der Waals surface area contributed by atoms with Crippen LogP contribution in [0, 0.1) is 13.8 Å². The van der Waals surface area contributed by atoms with E-state index in [0.29, 0.717) is 18.5 Å². The van der Waals surface area contributed by atoms with Crippen molar-refractivity contribution in [1.29, 1.82) is 0 Å². The van der Waals surface area contributed by atoms with Gasteiger partial charge in [-0.25, -0.2) is 4.79 Å². The summed E-state index contributed by atoms with van der Waals surface area (Å²) in [5, 5.41) is 1.89. The van der Waals surface area contributed by atoms with Crippen molar-refractivity contribution in [2.24, 2.45) is 0 Å². The number of benzene rings is 2. The van der Waals surface area contributed by atoms with Gasteiger partial charge in [-0.3, -0.25) is 19.3 Å². The lowest BCUT2D eigenvalue weighted by molar-refractivity contribution is -0.151. The van der Waals surface area contributed by atoms with Crippen LogP contribution in [0.4, 0.5) is 5.69 Å². The first kappa shape index (κ1) is 27.3. The fraction of sp³-hybridized carbons (Fsp3) is 0.333. The Hall–Kier alpha value is -2.32. The van der Waals surface area contributed by atoms with E-state index < -0.39 is 36.3 Å². The van der Waals surface area contributed by atoms with Gasteiger partial charge in [-0.15, -0.1) is 0 Å². The topological polar surface area (TPSA) is 92.8 Å². The molecule has 0 aliphatic carbocycles. The molecule has 0 saturated carbocycles. The normalized spacial score (nSPS) is 13.6. The van der Waals surface area contributed by atoms with Crippen LogP contribution in [0.3, 0.4) is 0 Å². The van der Waals surface area contributed by atoms with Crippen molar-refractivity contribution in [2.45, 2.75) is 46.1 Å². The molecule has 0 aromatic heterocycles. The molecule has 0 radical (unpaired) electrons. The minimum atomic E-state index is -1.29. The number of anilines is 1. The molecule has 1 N–H and O–H groups in total. The molecule has 0 spiro atoms. The summed E-state index contributed by atoms with van der Waals surface area (Å²) in [6, 6.07) is 4.14. The van der Waals surface area contributed by atoms with Gasteiger partial charge in [-0.05, 0) is 37.5 Å². The van der Waals surface area contributed by atoms with Crippen LogP contribution < -0.4 is 5.32 Å². The fourth-order valence-corrected chi connectivity index (χ4v) is 4.72. The Labute approximate surface area is 222 Å². The Kier molecular flexibility index (Phi) is 8.70. The van der Waals surface area contributed by atoms with E-state index in [4.69, 9.17) is 51.1 Å². The zero-order valence-electron chi connectivity index (χ0n) is 19.1. The van der Waals surface area contributed by atoms with Crippen molar-refractivity contribution in [1.82, 2.24) is 4.90 Å². The second-order valence-corrected chi connectivity index (χ2v) is 9.56. The smallest absolute Gasteiger partial charge is 0.329 e. The zero-order valence-corrected chi connectivity index (χ0v) is 22.2. The number of fused-ring (bicyclic) bond motifs is 1. The van der Waals surface area contributed by atoms with Crippen LogP contribution >= 0.6 is 46.4 Å². The number of hydrogen-bond donors (Lipinski definition) is 1. The molecule has 0 unspecified atom stereocenters. The maximum atomic E-state index is 13.2. The maximum Gasteiger partial charge on any atom is 0.329 e. The van der Waals surface area contributed by atoms with Gasteiger partial charge in [-0.1, -0.05) is 78.3 Å². The van der Waals surface area contributed by atoms with Gasteiger partial charge >= 0.3 is 5.97 Å².